The molecular weight excluding hydrogens is 274 g/mol. The van der Waals surface area contributed by atoms with Crippen LogP contribution in [0.2, 0.25) is 0 Å². The molecule has 1 fully saturated rings. The average molecular weight is 290 g/mol. The molecule has 1 aliphatic rings. The van der Waals surface area contributed by atoms with Gasteiger partial charge in [-0.05, 0) is 31.0 Å². The Kier molecular flexibility index (Phi) is 4.17. The molecule has 0 aromatic heterocycles. The third kappa shape index (κ3) is 3.29. The Balaban J connectivity index is 2.22. The van der Waals surface area contributed by atoms with Crippen molar-refractivity contribution in [3.63, 3.8) is 0 Å². The van der Waals surface area contributed by atoms with Gasteiger partial charge in [0.1, 0.15) is 16.5 Å². The molecule has 1 aliphatic heterocycles. The minimum atomic E-state index is -3.97. The number of piperidine rings is 1. The van der Waals surface area contributed by atoms with Crippen molar-refractivity contribution in [2.75, 3.05) is 13.1 Å². The first-order chi connectivity index (χ1) is 8.90. The van der Waals surface area contributed by atoms with E-state index in [1.165, 1.54) is 0 Å². The molecule has 4 nitrogen and oxygen atoms in total. The van der Waals surface area contributed by atoms with Gasteiger partial charge in [-0.15, -0.1) is 0 Å². The summed E-state index contributed by atoms with van der Waals surface area (Å²) in [5.41, 5.74) is 0. The van der Waals surface area contributed by atoms with Crippen LogP contribution in [0.5, 0.6) is 0 Å². The predicted octanol–water partition coefficient (Wildman–Crippen LogP) is 1.24. The first-order valence-electron chi connectivity index (χ1n) is 6.08. The van der Waals surface area contributed by atoms with Crippen LogP contribution < -0.4 is 10.0 Å². The van der Waals surface area contributed by atoms with E-state index < -0.39 is 26.6 Å². The number of hydrogen-bond donors (Lipinski definition) is 2. The Hall–Kier alpha value is -1.05. The van der Waals surface area contributed by atoms with Gasteiger partial charge < -0.3 is 5.32 Å². The fraction of sp³-hybridized carbons (Fsp3) is 0.500. The van der Waals surface area contributed by atoms with Gasteiger partial charge in [0, 0.05) is 18.7 Å². The first-order valence-corrected chi connectivity index (χ1v) is 7.56. The second-order valence-electron chi connectivity index (χ2n) is 4.77. The molecule has 0 unspecified atom stereocenters. The molecule has 2 N–H and O–H groups in total. The van der Waals surface area contributed by atoms with Crippen molar-refractivity contribution >= 4 is 10.0 Å². The van der Waals surface area contributed by atoms with Gasteiger partial charge in [-0.2, -0.15) is 0 Å². The van der Waals surface area contributed by atoms with E-state index in [0.29, 0.717) is 12.6 Å². The minimum absolute atomic E-state index is 0.166. The van der Waals surface area contributed by atoms with Crippen LogP contribution in [-0.2, 0) is 10.0 Å². The highest BCUT2D eigenvalue weighted by atomic mass is 32.2. The summed E-state index contributed by atoms with van der Waals surface area (Å²) in [5.74, 6) is -1.72. The zero-order valence-corrected chi connectivity index (χ0v) is 11.3. The maximum absolute atomic E-state index is 13.5. The van der Waals surface area contributed by atoms with Gasteiger partial charge in [0.2, 0.25) is 10.0 Å². The van der Waals surface area contributed by atoms with Crippen molar-refractivity contribution in [2.24, 2.45) is 5.92 Å². The zero-order chi connectivity index (χ0) is 14.0. The summed E-state index contributed by atoms with van der Waals surface area (Å²) in [6.07, 6.45) is 0.846. The normalized spacial score (nSPS) is 24.4. The van der Waals surface area contributed by atoms with Gasteiger partial charge in [0.15, 0.2) is 0 Å². The number of halogens is 2. The molecule has 1 aromatic carbocycles. The lowest BCUT2D eigenvalue weighted by Gasteiger charge is -2.30. The van der Waals surface area contributed by atoms with E-state index in [4.69, 9.17) is 0 Å². The van der Waals surface area contributed by atoms with Gasteiger partial charge in [-0.25, -0.2) is 21.9 Å². The van der Waals surface area contributed by atoms with Crippen LogP contribution in [0.3, 0.4) is 0 Å². The fourth-order valence-electron chi connectivity index (χ4n) is 2.10. The Bertz CT molecular complexity index is 563. The van der Waals surface area contributed by atoms with Crippen molar-refractivity contribution in [1.29, 1.82) is 0 Å². The molecule has 106 valence electrons. The van der Waals surface area contributed by atoms with Crippen molar-refractivity contribution in [3.05, 3.63) is 29.8 Å². The van der Waals surface area contributed by atoms with E-state index in [1.807, 2.05) is 6.92 Å². The molecule has 2 rings (SSSR count). The SMILES string of the molecule is C[C@H]1CCNC[C@@H]1NS(=O)(=O)c1ccc(F)cc1F. The summed E-state index contributed by atoms with van der Waals surface area (Å²) >= 11 is 0. The molecule has 0 bridgehead atoms. The quantitative estimate of drug-likeness (QED) is 0.880. The van der Waals surface area contributed by atoms with Crippen LogP contribution in [0, 0.1) is 17.6 Å². The summed E-state index contributed by atoms with van der Waals surface area (Å²) in [6.45, 7) is 3.28. The van der Waals surface area contributed by atoms with E-state index >= 15 is 0 Å². The first kappa shape index (κ1) is 14.4. The highest BCUT2D eigenvalue weighted by Crippen LogP contribution is 2.18. The lowest BCUT2D eigenvalue weighted by molar-refractivity contribution is 0.327. The van der Waals surface area contributed by atoms with Gasteiger partial charge >= 0.3 is 0 Å². The molecule has 2 atom stereocenters. The fourth-order valence-corrected chi connectivity index (χ4v) is 3.51. The monoisotopic (exact) mass is 290 g/mol. The minimum Gasteiger partial charge on any atom is -0.315 e. The van der Waals surface area contributed by atoms with Crippen LogP contribution in [0.1, 0.15) is 13.3 Å². The Labute approximate surface area is 111 Å². The molecule has 0 aliphatic carbocycles. The van der Waals surface area contributed by atoms with Crippen molar-refractivity contribution in [3.8, 4) is 0 Å². The number of hydrogen-bond acceptors (Lipinski definition) is 3. The van der Waals surface area contributed by atoms with E-state index in [-0.39, 0.29) is 12.0 Å². The molecule has 1 aromatic rings. The largest absolute Gasteiger partial charge is 0.315 e. The zero-order valence-electron chi connectivity index (χ0n) is 10.5. The predicted molar refractivity (Wildman–Crippen MR) is 67.1 cm³/mol. The van der Waals surface area contributed by atoms with Crippen molar-refractivity contribution in [2.45, 2.75) is 24.3 Å². The Morgan fingerprint density at radius 2 is 2.11 bits per heavy atom. The highest BCUT2D eigenvalue weighted by Gasteiger charge is 2.28. The summed E-state index contributed by atoms with van der Waals surface area (Å²) in [7, 11) is -3.97. The second-order valence-corrected chi connectivity index (χ2v) is 6.46. The average Bonchev–Trinajstić information content (AvgIpc) is 2.31. The maximum atomic E-state index is 13.5. The molecule has 1 heterocycles. The lowest BCUT2D eigenvalue weighted by atomic mass is 9.96. The second kappa shape index (κ2) is 5.52. The molecule has 1 saturated heterocycles. The molecule has 0 spiro atoms. The highest BCUT2D eigenvalue weighted by molar-refractivity contribution is 7.89. The van der Waals surface area contributed by atoms with E-state index in [2.05, 4.69) is 10.0 Å². The van der Waals surface area contributed by atoms with Gasteiger partial charge in [-0.3, -0.25) is 0 Å². The molecule has 7 heteroatoms. The smallest absolute Gasteiger partial charge is 0.243 e. The van der Waals surface area contributed by atoms with Crippen LogP contribution in [0.4, 0.5) is 8.78 Å². The summed E-state index contributed by atoms with van der Waals surface area (Å²) in [6, 6.07) is 2.15. The summed E-state index contributed by atoms with van der Waals surface area (Å²) in [5, 5.41) is 3.08. The molecule has 0 saturated carbocycles. The number of sulfonamides is 1. The standard InChI is InChI=1S/C12H16F2N2O2S/c1-8-4-5-15-7-11(8)16-19(17,18)12-3-2-9(13)6-10(12)14/h2-3,6,8,11,15-16H,4-5,7H2,1H3/t8-,11-/m0/s1. The van der Waals surface area contributed by atoms with Crippen LogP contribution in [0.15, 0.2) is 23.1 Å². The molecule has 19 heavy (non-hydrogen) atoms. The summed E-state index contributed by atoms with van der Waals surface area (Å²) < 4.78 is 52.9. The lowest BCUT2D eigenvalue weighted by Crippen LogP contribution is -2.50. The van der Waals surface area contributed by atoms with Gasteiger partial charge in [0.25, 0.3) is 0 Å². The van der Waals surface area contributed by atoms with Crippen LogP contribution >= 0.6 is 0 Å². The third-order valence-corrected chi connectivity index (χ3v) is 4.84. The summed E-state index contributed by atoms with van der Waals surface area (Å²) in [4.78, 5) is -0.522. The number of rotatable bonds is 3. The topological polar surface area (TPSA) is 58.2 Å². The van der Waals surface area contributed by atoms with Gasteiger partial charge in [0.05, 0.1) is 0 Å². The number of benzene rings is 1. The molecule has 0 radical (unpaired) electrons. The van der Waals surface area contributed by atoms with Gasteiger partial charge in [-0.1, -0.05) is 6.92 Å². The Morgan fingerprint density at radius 1 is 1.37 bits per heavy atom. The van der Waals surface area contributed by atoms with Crippen molar-refractivity contribution in [1.82, 2.24) is 10.0 Å². The van der Waals surface area contributed by atoms with Crippen LogP contribution in [-0.4, -0.2) is 27.5 Å². The maximum Gasteiger partial charge on any atom is 0.243 e. The Morgan fingerprint density at radius 3 is 2.74 bits per heavy atom. The van der Waals surface area contributed by atoms with E-state index in [0.717, 1.165) is 25.1 Å². The van der Waals surface area contributed by atoms with E-state index in [9.17, 15) is 17.2 Å². The van der Waals surface area contributed by atoms with Crippen LogP contribution in [0.25, 0.3) is 0 Å². The number of nitrogens with one attached hydrogen (secondary N) is 2. The third-order valence-electron chi connectivity index (χ3n) is 3.32. The van der Waals surface area contributed by atoms with E-state index in [1.54, 1.807) is 0 Å². The molecular formula is C12H16F2N2O2S. The molecule has 0 amide bonds. The van der Waals surface area contributed by atoms with Crippen molar-refractivity contribution < 1.29 is 17.2 Å².